The number of hydrogen-bond donors (Lipinski definition) is 1. The largest absolute Gasteiger partial charge is 0.496 e. The van der Waals surface area contributed by atoms with Crippen molar-refractivity contribution in [3.63, 3.8) is 0 Å². The molecule has 23 heavy (non-hydrogen) atoms. The molecule has 0 saturated carbocycles. The Bertz CT molecular complexity index is 685. The summed E-state index contributed by atoms with van der Waals surface area (Å²) in [6.07, 6.45) is 0. The molecule has 0 unspecified atom stereocenters. The maximum absolute atomic E-state index is 10.8. The third-order valence-corrected chi connectivity index (χ3v) is 3.88. The van der Waals surface area contributed by atoms with E-state index >= 15 is 0 Å². The van der Waals surface area contributed by atoms with Crippen LogP contribution in [0.3, 0.4) is 0 Å². The van der Waals surface area contributed by atoms with E-state index in [2.05, 4.69) is 0 Å². The van der Waals surface area contributed by atoms with E-state index in [4.69, 9.17) is 14.2 Å². The standard InChI is InChI=1S/C19H24O4/c1-12-16(21-4)14(13-10-8-7-9-11-13)15(19(2,3)20)18(23-6)17(12)22-5/h7-11,20H,1-6H3. The van der Waals surface area contributed by atoms with Crippen molar-refractivity contribution in [2.45, 2.75) is 26.4 Å². The molecule has 2 rings (SSSR count). The van der Waals surface area contributed by atoms with E-state index in [1.807, 2.05) is 37.3 Å². The predicted molar refractivity (Wildman–Crippen MR) is 91.5 cm³/mol. The highest BCUT2D eigenvalue weighted by atomic mass is 16.5. The fourth-order valence-corrected chi connectivity index (χ4v) is 2.96. The second kappa shape index (κ2) is 6.50. The quantitative estimate of drug-likeness (QED) is 0.908. The Morgan fingerprint density at radius 3 is 1.78 bits per heavy atom. The minimum absolute atomic E-state index is 0.525. The molecule has 2 aromatic rings. The first-order chi connectivity index (χ1) is 10.9. The molecule has 0 aliphatic carbocycles. The third-order valence-electron chi connectivity index (χ3n) is 3.88. The van der Waals surface area contributed by atoms with E-state index in [0.29, 0.717) is 22.8 Å². The van der Waals surface area contributed by atoms with E-state index in [-0.39, 0.29) is 0 Å². The van der Waals surface area contributed by atoms with Gasteiger partial charge in [-0.3, -0.25) is 0 Å². The van der Waals surface area contributed by atoms with Gasteiger partial charge in [-0.25, -0.2) is 0 Å². The minimum atomic E-state index is -1.13. The SMILES string of the molecule is COc1c(C)c(OC)c(-c2ccccc2)c(C(C)(C)O)c1OC. The van der Waals surface area contributed by atoms with Gasteiger partial charge in [0.05, 0.1) is 26.9 Å². The molecule has 0 aromatic heterocycles. The maximum atomic E-state index is 10.8. The average Bonchev–Trinajstić information content (AvgIpc) is 2.53. The summed E-state index contributed by atoms with van der Waals surface area (Å²) < 4.78 is 16.8. The second-order valence-electron chi connectivity index (χ2n) is 5.90. The molecule has 0 spiro atoms. The Hall–Kier alpha value is -2.20. The van der Waals surface area contributed by atoms with Gasteiger partial charge >= 0.3 is 0 Å². The molecule has 0 heterocycles. The van der Waals surface area contributed by atoms with Gasteiger partial charge in [0.2, 0.25) is 0 Å². The van der Waals surface area contributed by atoms with E-state index in [9.17, 15) is 5.11 Å². The van der Waals surface area contributed by atoms with Gasteiger partial charge in [0, 0.05) is 16.7 Å². The molecule has 0 saturated heterocycles. The number of methoxy groups -OCH3 is 3. The highest BCUT2D eigenvalue weighted by Crippen LogP contribution is 2.51. The zero-order valence-corrected chi connectivity index (χ0v) is 14.6. The molecule has 0 bridgehead atoms. The molecule has 0 radical (unpaired) electrons. The number of ether oxygens (including phenoxy) is 3. The summed E-state index contributed by atoms with van der Waals surface area (Å²) in [5.74, 6) is 1.77. The van der Waals surface area contributed by atoms with E-state index < -0.39 is 5.60 Å². The minimum Gasteiger partial charge on any atom is -0.496 e. The van der Waals surface area contributed by atoms with Crippen LogP contribution < -0.4 is 14.2 Å². The van der Waals surface area contributed by atoms with Gasteiger partial charge in [0.15, 0.2) is 11.5 Å². The van der Waals surface area contributed by atoms with Crippen molar-refractivity contribution in [1.82, 2.24) is 0 Å². The van der Waals surface area contributed by atoms with Crippen molar-refractivity contribution in [1.29, 1.82) is 0 Å². The first-order valence-electron chi connectivity index (χ1n) is 7.47. The lowest BCUT2D eigenvalue weighted by molar-refractivity contribution is 0.0755. The fraction of sp³-hybridized carbons (Fsp3) is 0.368. The van der Waals surface area contributed by atoms with Crippen LogP contribution in [0.1, 0.15) is 25.0 Å². The molecular weight excluding hydrogens is 292 g/mol. The second-order valence-corrected chi connectivity index (χ2v) is 5.90. The van der Waals surface area contributed by atoms with Crippen molar-refractivity contribution in [2.75, 3.05) is 21.3 Å². The fourth-order valence-electron chi connectivity index (χ4n) is 2.96. The van der Waals surface area contributed by atoms with Gasteiger partial charge < -0.3 is 19.3 Å². The molecule has 0 aliphatic heterocycles. The highest BCUT2D eigenvalue weighted by molar-refractivity contribution is 5.82. The summed E-state index contributed by atoms with van der Waals surface area (Å²) >= 11 is 0. The van der Waals surface area contributed by atoms with Crippen molar-refractivity contribution in [3.8, 4) is 28.4 Å². The Morgan fingerprint density at radius 1 is 0.826 bits per heavy atom. The molecule has 1 N–H and O–H groups in total. The van der Waals surface area contributed by atoms with E-state index in [1.54, 1.807) is 35.2 Å². The van der Waals surface area contributed by atoms with Crippen LogP contribution in [0.15, 0.2) is 30.3 Å². The lowest BCUT2D eigenvalue weighted by Crippen LogP contribution is -2.20. The summed E-state index contributed by atoms with van der Waals surface area (Å²) in [4.78, 5) is 0. The molecule has 2 aromatic carbocycles. The van der Waals surface area contributed by atoms with Gasteiger partial charge in [0.25, 0.3) is 0 Å². The smallest absolute Gasteiger partial charge is 0.167 e. The van der Waals surface area contributed by atoms with Crippen molar-refractivity contribution >= 4 is 0 Å². The molecule has 0 aliphatic rings. The third kappa shape index (κ3) is 2.99. The monoisotopic (exact) mass is 316 g/mol. The molecule has 0 atom stereocenters. The summed E-state index contributed by atoms with van der Waals surface area (Å²) in [6, 6.07) is 9.83. The van der Waals surface area contributed by atoms with Crippen LogP contribution in [0.4, 0.5) is 0 Å². The van der Waals surface area contributed by atoms with Crippen molar-refractivity contribution < 1.29 is 19.3 Å². The lowest BCUT2D eigenvalue weighted by atomic mass is 9.86. The predicted octanol–water partition coefficient (Wildman–Crippen LogP) is 3.92. The van der Waals surface area contributed by atoms with Crippen LogP contribution in [-0.4, -0.2) is 26.4 Å². The van der Waals surface area contributed by atoms with Crippen LogP contribution in [-0.2, 0) is 5.60 Å². The van der Waals surface area contributed by atoms with Crippen LogP contribution in [0.25, 0.3) is 11.1 Å². The zero-order valence-electron chi connectivity index (χ0n) is 14.6. The maximum Gasteiger partial charge on any atom is 0.167 e. The van der Waals surface area contributed by atoms with Crippen molar-refractivity contribution in [2.24, 2.45) is 0 Å². The highest BCUT2D eigenvalue weighted by Gasteiger charge is 2.33. The Kier molecular flexibility index (Phi) is 4.85. The zero-order chi connectivity index (χ0) is 17.2. The average molecular weight is 316 g/mol. The summed E-state index contributed by atoms with van der Waals surface area (Å²) in [5, 5.41) is 10.8. The van der Waals surface area contributed by atoms with Crippen LogP contribution in [0, 0.1) is 6.92 Å². The number of aliphatic hydroxyl groups is 1. The summed E-state index contributed by atoms with van der Waals surface area (Å²) in [6.45, 7) is 5.37. The molecule has 4 nitrogen and oxygen atoms in total. The van der Waals surface area contributed by atoms with Gasteiger partial charge in [-0.1, -0.05) is 30.3 Å². The van der Waals surface area contributed by atoms with Gasteiger partial charge in [-0.2, -0.15) is 0 Å². The topological polar surface area (TPSA) is 47.9 Å². The van der Waals surface area contributed by atoms with Gasteiger partial charge in [0.1, 0.15) is 5.75 Å². The Labute approximate surface area is 137 Å². The first-order valence-corrected chi connectivity index (χ1v) is 7.47. The Morgan fingerprint density at radius 2 is 1.35 bits per heavy atom. The normalized spacial score (nSPS) is 11.3. The number of hydrogen-bond acceptors (Lipinski definition) is 4. The molecule has 0 fully saturated rings. The Balaban J connectivity index is 3.01. The molecule has 4 heteroatoms. The summed E-state index contributed by atoms with van der Waals surface area (Å²) in [7, 11) is 4.78. The number of benzene rings is 2. The van der Waals surface area contributed by atoms with Crippen molar-refractivity contribution in [3.05, 3.63) is 41.5 Å². The van der Waals surface area contributed by atoms with Crippen LogP contribution >= 0.6 is 0 Å². The van der Waals surface area contributed by atoms with E-state index in [1.165, 1.54) is 0 Å². The molecule has 124 valence electrons. The molecule has 0 amide bonds. The van der Waals surface area contributed by atoms with Gasteiger partial charge in [-0.15, -0.1) is 0 Å². The van der Waals surface area contributed by atoms with E-state index in [0.717, 1.165) is 16.7 Å². The lowest BCUT2D eigenvalue weighted by Gasteiger charge is -2.29. The first kappa shape index (κ1) is 17.2. The number of rotatable bonds is 5. The van der Waals surface area contributed by atoms with Gasteiger partial charge in [-0.05, 0) is 26.3 Å². The van der Waals surface area contributed by atoms with Crippen LogP contribution in [0.2, 0.25) is 0 Å². The molecular formula is C19H24O4. The van der Waals surface area contributed by atoms with Crippen LogP contribution in [0.5, 0.6) is 17.2 Å². The summed E-state index contributed by atoms with van der Waals surface area (Å²) in [5.41, 5.74) is 2.11.